The zero-order chi connectivity index (χ0) is 15.4. The van der Waals surface area contributed by atoms with Crippen molar-refractivity contribution in [2.24, 2.45) is 5.92 Å². The van der Waals surface area contributed by atoms with Crippen molar-refractivity contribution in [2.75, 3.05) is 5.73 Å². The van der Waals surface area contributed by atoms with Gasteiger partial charge in [0.2, 0.25) is 0 Å². The number of aromatic carboxylic acids is 1. The third-order valence-electron chi connectivity index (χ3n) is 3.27. The van der Waals surface area contributed by atoms with Crippen molar-refractivity contribution in [2.45, 2.75) is 33.2 Å². The molecule has 0 unspecified atom stereocenters. The summed E-state index contributed by atoms with van der Waals surface area (Å²) in [6.07, 6.45) is 1.99. The number of hydrogen-bond donors (Lipinski definition) is 2. The number of hydrogen-bond acceptors (Lipinski definition) is 4. The van der Waals surface area contributed by atoms with Gasteiger partial charge in [-0.1, -0.05) is 31.2 Å². The number of carboxylic acid groups (broad SMARTS) is 1. The fourth-order valence-corrected chi connectivity index (χ4v) is 2.19. The Kier molecular flexibility index (Phi) is 4.57. The van der Waals surface area contributed by atoms with E-state index in [9.17, 15) is 9.90 Å². The molecule has 21 heavy (non-hydrogen) atoms. The predicted octanol–water partition coefficient (Wildman–Crippen LogP) is 2.66. The van der Waals surface area contributed by atoms with Crippen molar-refractivity contribution in [3.05, 3.63) is 30.0 Å². The van der Waals surface area contributed by atoms with Gasteiger partial charge in [-0.25, -0.2) is 9.48 Å². The summed E-state index contributed by atoms with van der Waals surface area (Å²) >= 11 is 0. The minimum Gasteiger partial charge on any atom is -0.476 e. The second kappa shape index (κ2) is 6.39. The molecule has 0 aliphatic carbocycles. The molecule has 0 atom stereocenters. The van der Waals surface area contributed by atoms with Crippen LogP contribution in [0, 0.1) is 5.92 Å². The minimum absolute atomic E-state index is 0.0238. The SMILES string of the molecule is CC(C)CCCn1nnc(C(=O)O)c1-c1ccc(N)cc1. The summed E-state index contributed by atoms with van der Waals surface area (Å²) in [4.78, 5) is 11.3. The number of rotatable bonds is 6. The maximum absolute atomic E-state index is 11.3. The van der Waals surface area contributed by atoms with Gasteiger partial charge in [0.05, 0.1) is 0 Å². The summed E-state index contributed by atoms with van der Waals surface area (Å²) < 4.78 is 1.66. The Morgan fingerprint density at radius 2 is 2.00 bits per heavy atom. The first-order valence-corrected chi connectivity index (χ1v) is 7.01. The molecule has 2 aromatic rings. The lowest BCUT2D eigenvalue weighted by atomic mass is 10.1. The molecule has 6 nitrogen and oxygen atoms in total. The van der Waals surface area contributed by atoms with Gasteiger partial charge in [-0.3, -0.25) is 0 Å². The second-order valence-corrected chi connectivity index (χ2v) is 5.47. The highest BCUT2D eigenvalue weighted by Crippen LogP contribution is 2.24. The Morgan fingerprint density at radius 1 is 1.33 bits per heavy atom. The molecule has 1 heterocycles. The molecule has 0 aliphatic rings. The van der Waals surface area contributed by atoms with Crippen molar-refractivity contribution in [1.82, 2.24) is 15.0 Å². The number of nitrogen functional groups attached to an aromatic ring is 1. The lowest BCUT2D eigenvalue weighted by Crippen LogP contribution is -2.06. The van der Waals surface area contributed by atoms with Crippen LogP contribution in [0.25, 0.3) is 11.3 Å². The molecule has 0 saturated heterocycles. The Balaban J connectivity index is 2.33. The number of nitrogens with zero attached hydrogens (tertiary/aromatic N) is 3. The first-order valence-electron chi connectivity index (χ1n) is 7.01. The van der Waals surface area contributed by atoms with E-state index in [1.54, 1.807) is 28.9 Å². The van der Waals surface area contributed by atoms with E-state index in [2.05, 4.69) is 24.2 Å². The summed E-state index contributed by atoms with van der Waals surface area (Å²) in [5.74, 6) is -0.468. The zero-order valence-corrected chi connectivity index (χ0v) is 12.3. The van der Waals surface area contributed by atoms with E-state index in [0.29, 0.717) is 23.8 Å². The first kappa shape index (κ1) is 15.0. The van der Waals surface area contributed by atoms with Gasteiger partial charge in [0, 0.05) is 17.8 Å². The van der Waals surface area contributed by atoms with Gasteiger partial charge in [0.25, 0.3) is 0 Å². The summed E-state index contributed by atoms with van der Waals surface area (Å²) in [5.41, 5.74) is 7.58. The van der Waals surface area contributed by atoms with Crippen LogP contribution >= 0.6 is 0 Å². The molecule has 6 heteroatoms. The molecule has 0 amide bonds. The molecule has 0 saturated carbocycles. The molecule has 0 radical (unpaired) electrons. The number of aromatic nitrogens is 3. The Morgan fingerprint density at radius 3 is 2.57 bits per heavy atom. The lowest BCUT2D eigenvalue weighted by Gasteiger charge is -2.09. The van der Waals surface area contributed by atoms with Crippen LogP contribution in [0.15, 0.2) is 24.3 Å². The van der Waals surface area contributed by atoms with Crippen molar-refractivity contribution in [3.8, 4) is 11.3 Å². The summed E-state index contributed by atoms with van der Waals surface area (Å²) in [7, 11) is 0. The molecule has 3 N–H and O–H groups in total. The van der Waals surface area contributed by atoms with Crippen LogP contribution in [-0.4, -0.2) is 26.1 Å². The van der Waals surface area contributed by atoms with Gasteiger partial charge in [-0.2, -0.15) is 0 Å². The molecule has 0 fully saturated rings. The van der Waals surface area contributed by atoms with E-state index in [1.165, 1.54) is 0 Å². The van der Waals surface area contributed by atoms with Crippen molar-refractivity contribution in [1.29, 1.82) is 0 Å². The number of nitrogens with two attached hydrogens (primary N) is 1. The largest absolute Gasteiger partial charge is 0.476 e. The van der Waals surface area contributed by atoms with Gasteiger partial charge in [-0.05, 0) is 30.9 Å². The monoisotopic (exact) mass is 288 g/mol. The summed E-state index contributed by atoms with van der Waals surface area (Å²) in [5, 5.41) is 17.1. The van der Waals surface area contributed by atoms with Crippen molar-refractivity contribution < 1.29 is 9.90 Å². The Labute approximate surface area is 123 Å². The van der Waals surface area contributed by atoms with Crippen LogP contribution in [0.5, 0.6) is 0 Å². The third kappa shape index (κ3) is 3.59. The average molecular weight is 288 g/mol. The van der Waals surface area contributed by atoms with Gasteiger partial charge in [0.15, 0.2) is 5.69 Å². The molecular formula is C15H20N4O2. The molecule has 2 rings (SSSR count). The van der Waals surface area contributed by atoms with Crippen molar-refractivity contribution in [3.63, 3.8) is 0 Å². The predicted molar refractivity (Wildman–Crippen MR) is 80.9 cm³/mol. The topological polar surface area (TPSA) is 94.0 Å². The van der Waals surface area contributed by atoms with Gasteiger partial charge in [0.1, 0.15) is 5.69 Å². The highest BCUT2D eigenvalue weighted by Gasteiger charge is 2.20. The number of carboxylic acids is 1. The van der Waals surface area contributed by atoms with E-state index >= 15 is 0 Å². The molecular weight excluding hydrogens is 268 g/mol. The molecule has 0 aliphatic heterocycles. The minimum atomic E-state index is -1.07. The first-order chi connectivity index (χ1) is 9.99. The maximum atomic E-state index is 11.3. The van der Waals surface area contributed by atoms with Gasteiger partial charge in [-0.15, -0.1) is 5.10 Å². The third-order valence-corrected chi connectivity index (χ3v) is 3.27. The van der Waals surface area contributed by atoms with Crippen LogP contribution < -0.4 is 5.73 Å². The molecule has 1 aromatic heterocycles. The van der Waals surface area contributed by atoms with E-state index < -0.39 is 5.97 Å². The summed E-state index contributed by atoms with van der Waals surface area (Å²) in [6, 6.07) is 7.07. The number of anilines is 1. The van der Waals surface area contributed by atoms with Gasteiger partial charge >= 0.3 is 5.97 Å². The average Bonchev–Trinajstić information content (AvgIpc) is 2.83. The van der Waals surface area contributed by atoms with E-state index in [1.807, 2.05) is 0 Å². The van der Waals surface area contributed by atoms with E-state index in [4.69, 9.17) is 5.73 Å². The number of aryl methyl sites for hydroxylation is 1. The number of carbonyl (C=O) groups is 1. The zero-order valence-electron chi connectivity index (χ0n) is 12.3. The van der Waals surface area contributed by atoms with Crippen LogP contribution in [0.1, 0.15) is 37.2 Å². The molecule has 1 aromatic carbocycles. The molecule has 0 bridgehead atoms. The van der Waals surface area contributed by atoms with Crippen molar-refractivity contribution >= 4 is 11.7 Å². The lowest BCUT2D eigenvalue weighted by molar-refractivity contribution is 0.0691. The number of benzene rings is 1. The molecule has 0 spiro atoms. The highest BCUT2D eigenvalue weighted by molar-refractivity contribution is 5.92. The maximum Gasteiger partial charge on any atom is 0.358 e. The van der Waals surface area contributed by atoms with E-state index in [-0.39, 0.29) is 5.69 Å². The van der Waals surface area contributed by atoms with E-state index in [0.717, 1.165) is 18.4 Å². The fourth-order valence-electron chi connectivity index (χ4n) is 2.19. The Bertz CT molecular complexity index is 617. The smallest absolute Gasteiger partial charge is 0.358 e. The highest BCUT2D eigenvalue weighted by atomic mass is 16.4. The quantitative estimate of drug-likeness (QED) is 0.797. The fraction of sp³-hybridized carbons (Fsp3) is 0.400. The second-order valence-electron chi connectivity index (χ2n) is 5.47. The standard InChI is InChI=1S/C15H20N4O2/c1-10(2)4-3-9-19-14(13(15(20)21)17-18-19)11-5-7-12(16)8-6-11/h5-8,10H,3-4,9,16H2,1-2H3,(H,20,21). The summed E-state index contributed by atoms with van der Waals surface area (Å²) in [6.45, 7) is 4.97. The van der Waals surface area contributed by atoms with Crippen LogP contribution in [-0.2, 0) is 6.54 Å². The Hall–Kier alpha value is -2.37. The van der Waals surface area contributed by atoms with Crippen LogP contribution in [0.2, 0.25) is 0 Å². The molecule has 112 valence electrons. The van der Waals surface area contributed by atoms with Crippen LogP contribution in [0.3, 0.4) is 0 Å². The normalized spacial score (nSPS) is 11.0. The van der Waals surface area contributed by atoms with Crippen LogP contribution in [0.4, 0.5) is 5.69 Å². The van der Waals surface area contributed by atoms with Gasteiger partial charge < -0.3 is 10.8 Å².